The molecule has 2 rings (SSSR count). The van der Waals surface area contributed by atoms with Crippen molar-refractivity contribution in [2.45, 2.75) is 51.9 Å². The number of aryl methyl sites for hydroxylation is 2. The normalized spacial score (nSPS) is 11.5. The molecule has 6 nitrogen and oxygen atoms in total. The van der Waals surface area contributed by atoms with Crippen molar-refractivity contribution < 1.29 is 4.39 Å². The Bertz CT molecular complexity index is 793. The van der Waals surface area contributed by atoms with Crippen molar-refractivity contribution in [3.8, 4) is 0 Å². The van der Waals surface area contributed by atoms with Crippen LogP contribution in [0, 0.1) is 18.7 Å². The van der Waals surface area contributed by atoms with Gasteiger partial charge in [-0.15, -0.1) is 34.2 Å². The van der Waals surface area contributed by atoms with E-state index in [9.17, 15) is 4.39 Å². The molecule has 162 valence electrons. The quantitative estimate of drug-likeness (QED) is 0.167. The Kier molecular flexibility index (Phi) is 11.6. The summed E-state index contributed by atoms with van der Waals surface area (Å²) in [5.74, 6) is 2.10. The monoisotopic (exact) mass is 534 g/mol. The van der Waals surface area contributed by atoms with E-state index >= 15 is 0 Å². The van der Waals surface area contributed by atoms with Gasteiger partial charge < -0.3 is 15.2 Å². The molecule has 9 heteroatoms. The zero-order chi connectivity index (χ0) is 20.5. The Hall–Kier alpha value is -1.36. The van der Waals surface area contributed by atoms with Gasteiger partial charge in [-0.05, 0) is 42.7 Å². The predicted molar refractivity (Wildman–Crippen MR) is 130 cm³/mol. The van der Waals surface area contributed by atoms with Gasteiger partial charge in [-0.2, -0.15) is 0 Å². The topological polar surface area (TPSA) is 67.1 Å². The van der Waals surface area contributed by atoms with Crippen molar-refractivity contribution >= 4 is 41.7 Å². The van der Waals surface area contributed by atoms with Crippen LogP contribution >= 0.6 is 35.7 Å². The fourth-order valence-electron chi connectivity index (χ4n) is 2.81. The summed E-state index contributed by atoms with van der Waals surface area (Å²) >= 11 is 1.63. The minimum Gasteiger partial charge on any atom is -0.356 e. The molecule has 0 spiro atoms. The van der Waals surface area contributed by atoms with E-state index in [1.54, 1.807) is 37.9 Å². The molecule has 1 aromatic heterocycles. The van der Waals surface area contributed by atoms with Crippen LogP contribution in [-0.4, -0.2) is 40.6 Å². The molecule has 1 heterocycles. The Morgan fingerprint density at radius 2 is 2.03 bits per heavy atom. The number of nitrogens with one attached hydrogen (secondary N) is 2. The lowest BCUT2D eigenvalue weighted by molar-refractivity contribution is 0.477. The molecule has 0 aliphatic heterocycles. The van der Waals surface area contributed by atoms with Crippen LogP contribution in [0.3, 0.4) is 0 Å². The van der Waals surface area contributed by atoms with Gasteiger partial charge in [-0.1, -0.05) is 37.7 Å². The summed E-state index contributed by atoms with van der Waals surface area (Å²) in [6, 6.07) is 5.27. The number of thioether (sulfide) groups is 1. The Morgan fingerprint density at radius 3 is 2.66 bits per heavy atom. The van der Waals surface area contributed by atoms with Gasteiger partial charge in [-0.25, -0.2) is 4.39 Å². The lowest BCUT2D eigenvalue weighted by Gasteiger charge is -2.13. The summed E-state index contributed by atoms with van der Waals surface area (Å²) in [6.07, 6.45) is 3.81. The van der Waals surface area contributed by atoms with Gasteiger partial charge >= 0.3 is 0 Å². The Morgan fingerprint density at radius 1 is 1.28 bits per heavy atom. The summed E-state index contributed by atoms with van der Waals surface area (Å²) in [5, 5.41) is 16.1. The lowest BCUT2D eigenvalue weighted by atomic mass is 10.1. The van der Waals surface area contributed by atoms with E-state index in [0.29, 0.717) is 24.0 Å². The molecule has 0 radical (unpaired) electrons. The molecule has 0 saturated carbocycles. The molecule has 0 fully saturated rings. The molecule has 0 bridgehead atoms. The second-order valence-electron chi connectivity index (χ2n) is 7.15. The number of hydrogen-bond acceptors (Lipinski definition) is 4. The van der Waals surface area contributed by atoms with Crippen LogP contribution in [0.2, 0.25) is 0 Å². The van der Waals surface area contributed by atoms with Gasteiger partial charge in [0.25, 0.3) is 0 Å². The van der Waals surface area contributed by atoms with Gasteiger partial charge in [0.15, 0.2) is 11.1 Å². The Balaban J connectivity index is 0.00000420. The third-order valence-corrected chi connectivity index (χ3v) is 4.98. The highest BCUT2D eigenvalue weighted by Gasteiger charge is 2.12. The van der Waals surface area contributed by atoms with Crippen molar-refractivity contribution in [2.24, 2.45) is 10.9 Å². The number of nitrogens with zero attached hydrogens (tertiary/aromatic N) is 4. The molecular weight excluding hydrogens is 502 g/mol. The lowest BCUT2D eigenvalue weighted by Crippen LogP contribution is -2.37. The number of guanidine groups is 1. The van der Waals surface area contributed by atoms with Crippen LogP contribution in [0.25, 0.3) is 0 Å². The minimum atomic E-state index is -0.183. The van der Waals surface area contributed by atoms with Crippen LogP contribution in [0.5, 0.6) is 0 Å². The highest BCUT2D eigenvalue weighted by atomic mass is 127. The number of benzene rings is 1. The van der Waals surface area contributed by atoms with E-state index in [0.717, 1.165) is 42.5 Å². The van der Waals surface area contributed by atoms with Crippen molar-refractivity contribution in [1.82, 2.24) is 25.4 Å². The third-order valence-electron chi connectivity index (χ3n) is 4.31. The molecule has 0 aliphatic carbocycles. The summed E-state index contributed by atoms with van der Waals surface area (Å²) in [4.78, 5) is 4.23. The molecule has 29 heavy (non-hydrogen) atoms. The summed E-state index contributed by atoms with van der Waals surface area (Å²) in [6.45, 7) is 8.39. The fourth-order valence-corrected chi connectivity index (χ4v) is 3.33. The van der Waals surface area contributed by atoms with E-state index in [2.05, 4.69) is 44.2 Å². The van der Waals surface area contributed by atoms with Gasteiger partial charge in [0, 0.05) is 33.1 Å². The van der Waals surface area contributed by atoms with Crippen molar-refractivity contribution in [3.63, 3.8) is 0 Å². The first kappa shape index (κ1) is 25.7. The van der Waals surface area contributed by atoms with Crippen molar-refractivity contribution in [3.05, 3.63) is 41.0 Å². The van der Waals surface area contributed by atoms with Crippen LogP contribution in [0.4, 0.5) is 4.39 Å². The van der Waals surface area contributed by atoms with E-state index in [4.69, 9.17) is 0 Å². The number of halogens is 2. The largest absolute Gasteiger partial charge is 0.356 e. The maximum atomic E-state index is 13.6. The van der Waals surface area contributed by atoms with Crippen molar-refractivity contribution in [1.29, 1.82) is 0 Å². The van der Waals surface area contributed by atoms with Crippen LogP contribution in [0.1, 0.15) is 37.2 Å². The molecular formula is C20H32FIN6S. The van der Waals surface area contributed by atoms with Crippen LogP contribution < -0.4 is 10.6 Å². The summed E-state index contributed by atoms with van der Waals surface area (Å²) in [7, 11) is 1.73. The molecule has 0 unspecified atom stereocenters. The second kappa shape index (κ2) is 13.0. The first-order valence-corrected chi connectivity index (χ1v) is 10.8. The average Bonchev–Trinajstić information content (AvgIpc) is 3.04. The highest BCUT2D eigenvalue weighted by molar-refractivity contribution is 14.0. The van der Waals surface area contributed by atoms with Gasteiger partial charge in [-0.3, -0.25) is 4.99 Å². The SMILES string of the molecule is CN=C(NCCCc1nnc(SC)n1CC(C)C)NCc1ccc(C)c(F)c1.I. The van der Waals surface area contributed by atoms with Crippen molar-refractivity contribution in [2.75, 3.05) is 19.8 Å². The number of aliphatic imine (C=N–C) groups is 1. The zero-order valence-corrected chi connectivity index (χ0v) is 21.0. The highest BCUT2D eigenvalue weighted by Crippen LogP contribution is 2.16. The Labute approximate surface area is 194 Å². The van der Waals surface area contributed by atoms with Gasteiger partial charge in [0.1, 0.15) is 11.6 Å². The smallest absolute Gasteiger partial charge is 0.191 e. The third kappa shape index (κ3) is 8.12. The van der Waals surface area contributed by atoms with Gasteiger partial charge in [0.2, 0.25) is 0 Å². The maximum absolute atomic E-state index is 13.6. The number of aromatic nitrogens is 3. The molecule has 0 saturated heterocycles. The zero-order valence-electron chi connectivity index (χ0n) is 17.8. The van der Waals surface area contributed by atoms with E-state index in [1.807, 2.05) is 12.3 Å². The molecule has 2 N–H and O–H groups in total. The molecule has 0 aliphatic rings. The maximum Gasteiger partial charge on any atom is 0.191 e. The molecule has 1 aromatic carbocycles. The molecule has 0 atom stereocenters. The van der Waals surface area contributed by atoms with Gasteiger partial charge in [0.05, 0.1) is 0 Å². The predicted octanol–water partition coefficient (Wildman–Crippen LogP) is 4.02. The average molecular weight is 534 g/mol. The van der Waals surface area contributed by atoms with Crippen LogP contribution in [0.15, 0.2) is 28.3 Å². The number of rotatable bonds is 9. The summed E-state index contributed by atoms with van der Waals surface area (Å²) < 4.78 is 15.9. The second-order valence-corrected chi connectivity index (χ2v) is 7.92. The first-order chi connectivity index (χ1) is 13.4. The van der Waals surface area contributed by atoms with E-state index in [1.165, 1.54) is 0 Å². The number of hydrogen-bond donors (Lipinski definition) is 2. The summed E-state index contributed by atoms with van der Waals surface area (Å²) in [5.41, 5.74) is 1.54. The molecule has 0 amide bonds. The van der Waals surface area contributed by atoms with Crippen LogP contribution in [-0.2, 0) is 19.5 Å². The minimum absolute atomic E-state index is 0. The standard InChI is InChI=1S/C20H31FN6S.HI/c1-14(2)13-27-18(25-26-20(27)28-5)7-6-10-23-19(22-4)24-12-16-9-8-15(3)17(21)11-16;/h8-9,11,14H,6-7,10,12-13H2,1-5H3,(H2,22,23,24);1H. The van der Waals surface area contributed by atoms with E-state index in [-0.39, 0.29) is 29.8 Å². The van der Waals surface area contributed by atoms with E-state index < -0.39 is 0 Å². The molecule has 2 aromatic rings. The first-order valence-electron chi connectivity index (χ1n) is 9.60. The fraction of sp³-hybridized carbons (Fsp3) is 0.550.